The second-order valence-electron chi connectivity index (χ2n) is 7.69. The van der Waals surface area contributed by atoms with Crippen LogP contribution in [0.1, 0.15) is 59.3 Å². The van der Waals surface area contributed by atoms with Gasteiger partial charge in [0.2, 0.25) is 0 Å². The van der Waals surface area contributed by atoms with Crippen molar-refractivity contribution in [1.82, 2.24) is 0 Å². The van der Waals surface area contributed by atoms with E-state index in [0.717, 1.165) is 42.4 Å². The largest absolute Gasteiger partial charge is 0.393 e. The zero-order chi connectivity index (χ0) is 12.2. The van der Waals surface area contributed by atoms with Crippen LogP contribution in [-0.4, -0.2) is 11.2 Å². The number of hydrogen-bond donors (Lipinski definition) is 1. The van der Waals surface area contributed by atoms with E-state index in [0.29, 0.717) is 5.41 Å². The standard InChI is InChI=1S/C16H28O/c1-10-14-8-12(16(10,2)3)9-15(14)11-5-4-6-13(17)7-11/h10-15,17H,4-9H2,1-3H3/t10-,11-,12-,13-,14?,15-/m0/s1. The van der Waals surface area contributed by atoms with E-state index in [-0.39, 0.29) is 6.10 Å². The summed E-state index contributed by atoms with van der Waals surface area (Å²) in [6, 6.07) is 0. The van der Waals surface area contributed by atoms with E-state index >= 15 is 0 Å². The van der Waals surface area contributed by atoms with E-state index in [1.165, 1.54) is 25.7 Å². The van der Waals surface area contributed by atoms with Gasteiger partial charge in [-0.2, -0.15) is 0 Å². The molecule has 0 aromatic rings. The Labute approximate surface area is 106 Å². The van der Waals surface area contributed by atoms with Gasteiger partial charge in [-0.3, -0.25) is 0 Å². The summed E-state index contributed by atoms with van der Waals surface area (Å²) in [6.45, 7) is 7.44. The van der Waals surface area contributed by atoms with Crippen molar-refractivity contribution in [3.8, 4) is 0 Å². The Kier molecular flexibility index (Phi) is 2.81. The zero-order valence-electron chi connectivity index (χ0n) is 11.7. The lowest BCUT2D eigenvalue weighted by molar-refractivity contribution is 0.0247. The average molecular weight is 236 g/mol. The van der Waals surface area contributed by atoms with Crippen LogP contribution in [0.4, 0.5) is 0 Å². The van der Waals surface area contributed by atoms with Gasteiger partial charge >= 0.3 is 0 Å². The summed E-state index contributed by atoms with van der Waals surface area (Å²) >= 11 is 0. The molecule has 0 aromatic carbocycles. The fourth-order valence-electron chi connectivity index (χ4n) is 5.34. The second-order valence-corrected chi connectivity index (χ2v) is 7.69. The van der Waals surface area contributed by atoms with Crippen LogP contribution < -0.4 is 0 Å². The zero-order valence-corrected chi connectivity index (χ0v) is 11.7. The topological polar surface area (TPSA) is 20.2 Å². The molecule has 3 aliphatic carbocycles. The maximum atomic E-state index is 9.88. The molecule has 0 amide bonds. The molecule has 17 heavy (non-hydrogen) atoms. The number of hydrogen-bond acceptors (Lipinski definition) is 1. The molecule has 3 saturated carbocycles. The summed E-state index contributed by atoms with van der Waals surface area (Å²) in [4.78, 5) is 0. The van der Waals surface area contributed by atoms with Gasteiger partial charge in [0, 0.05) is 0 Å². The molecule has 2 bridgehead atoms. The Morgan fingerprint density at radius 3 is 2.29 bits per heavy atom. The van der Waals surface area contributed by atoms with Gasteiger partial charge in [-0.25, -0.2) is 0 Å². The molecule has 3 fully saturated rings. The average Bonchev–Trinajstić information content (AvgIpc) is 2.79. The maximum Gasteiger partial charge on any atom is 0.0543 e. The van der Waals surface area contributed by atoms with Crippen LogP contribution in [-0.2, 0) is 0 Å². The van der Waals surface area contributed by atoms with Crippen LogP contribution in [0.15, 0.2) is 0 Å². The quantitative estimate of drug-likeness (QED) is 0.733. The molecule has 0 saturated heterocycles. The Hall–Kier alpha value is -0.0400. The predicted octanol–water partition coefficient (Wildman–Crippen LogP) is 3.86. The minimum Gasteiger partial charge on any atom is -0.393 e. The third-order valence-electron chi connectivity index (χ3n) is 6.82. The van der Waals surface area contributed by atoms with Gasteiger partial charge in [0.05, 0.1) is 6.10 Å². The highest BCUT2D eigenvalue weighted by atomic mass is 16.3. The van der Waals surface area contributed by atoms with Gasteiger partial charge < -0.3 is 5.11 Å². The third-order valence-corrected chi connectivity index (χ3v) is 6.82. The van der Waals surface area contributed by atoms with Gasteiger partial charge in [0.1, 0.15) is 0 Å². The van der Waals surface area contributed by atoms with Crippen molar-refractivity contribution in [1.29, 1.82) is 0 Å². The Morgan fingerprint density at radius 2 is 1.71 bits per heavy atom. The summed E-state index contributed by atoms with van der Waals surface area (Å²) in [7, 11) is 0. The van der Waals surface area contributed by atoms with E-state index < -0.39 is 0 Å². The van der Waals surface area contributed by atoms with Gasteiger partial charge in [-0.05, 0) is 67.1 Å². The number of fused-ring (bicyclic) bond motifs is 2. The van der Waals surface area contributed by atoms with Crippen LogP contribution in [0.25, 0.3) is 0 Å². The molecular formula is C16H28O. The Morgan fingerprint density at radius 1 is 1.00 bits per heavy atom. The molecule has 3 rings (SSSR count). The first-order valence-electron chi connectivity index (χ1n) is 7.68. The summed E-state index contributed by atoms with van der Waals surface area (Å²) in [5.74, 6) is 4.60. The highest BCUT2D eigenvalue weighted by Crippen LogP contribution is 2.63. The molecule has 98 valence electrons. The summed E-state index contributed by atoms with van der Waals surface area (Å²) in [6.07, 6.45) is 7.75. The van der Waals surface area contributed by atoms with Gasteiger partial charge in [0.25, 0.3) is 0 Å². The number of aliphatic hydroxyl groups excluding tert-OH is 1. The first-order chi connectivity index (χ1) is 8.00. The van der Waals surface area contributed by atoms with E-state index in [1.807, 2.05) is 0 Å². The van der Waals surface area contributed by atoms with Crippen LogP contribution in [0.5, 0.6) is 0 Å². The fraction of sp³-hybridized carbons (Fsp3) is 1.00. The first-order valence-corrected chi connectivity index (χ1v) is 7.68. The second kappa shape index (κ2) is 3.98. The lowest BCUT2D eigenvalue weighted by Crippen LogP contribution is -2.37. The Balaban J connectivity index is 1.72. The minimum absolute atomic E-state index is 0.0104. The van der Waals surface area contributed by atoms with E-state index in [1.54, 1.807) is 0 Å². The van der Waals surface area contributed by atoms with Crippen molar-refractivity contribution >= 4 is 0 Å². The molecule has 1 nitrogen and oxygen atoms in total. The molecular weight excluding hydrogens is 208 g/mol. The van der Waals surface area contributed by atoms with Crippen LogP contribution in [0, 0.1) is 35.0 Å². The van der Waals surface area contributed by atoms with Crippen LogP contribution in [0.2, 0.25) is 0 Å². The number of rotatable bonds is 1. The van der Waals surface area contributed by atoms with Crippen LogP contribution in [0.3, 0.4) is 0 Å². The van der Waals surface area contributed by atoms with E-state index in [4.69, 9.17) is 0 Å². The molecule has 0 spiro atoms. The molecule has 3 aliphatic rings. The molecule has 0 aromatic heterocycles. The normalized spacial score (nSPS) is 52.9. The fourth-order valence-corrected chi connectivity index (χ4v) is 5.34. The van der Waals surface area contributed by atoms with Crippen molar-refractivity contribution in [2.75, 3.05) is 0 Å². The van der Waals surface area contributed by atoms with Crippen molar-refractivity contribution in [3.05, 3.63) is 0 Å². The van der Waals surface area contributed by atoms with E-state index in [9.17, 15) is 5.11 Å². The van der Waals surface area contributed by atoms with Crippen molar-refractivity contribution in [2.45, 2.75) is 65.4 Å². The van der Waals surface area contributed by atoms with Gasteiger partial charge in [0.15, 0.2) is 0 Å². The SMILES string of the molecule is C[C@H]1C2C[C@@H](C[C@H]2[C@H]2CCC[C@H](O)C2)C1(C)C. The smallest absolute Gasteiger partial charge is 0.0543 e. The predicted molar refractivity (Wildman–Crippen MR) is 70.6 cm³/mol. The summed E-state index contributed by atoms with van der Waals surface area (Å²) in [5.41, 5.74) is 0.578. The summed E-state index contributed by atoms with van der Waals surface area (Å²) < 4.78 is 0. The van der Waals surface area contributed by atoms with Gasteiger partial charge in [-0.1, -0.05) is 27.2 Å². The molecule has 1 unspecified atom stereocenters. The monoisotopic (exact) mass is 236 g/mol. The lowest BCUT2D eigenvalue weighted by Gasteiger charge is -2.44. The Bertz CT molecular complexity index is 292. The highest BCUT2D eigenvalue weighted by molar-refractivity contribution is 5.05. The number of aliphatic hydroxyl groups is 1. The molecule has 0 aliphatic heterocycles. The van der Waals surface area contributed by atoms with Gasteiger partial charge in [-0.15, -0.1) is 0 Å². The molecule has 1 N–H and O–H groups in total. The highest BCUT2D eigenvalue weighted by Gasteiger charge is 2.56. The molecule has 1 heteroatoms. The van der Waals surface area contributed by atoms with Crippen molar-refractivity contribution in [3.63, 3.8) is 0 Å². The summed E-state index contributed by atoms with van der Waals surface area (Å²) in [5, 5.41) is 9.88. The molecule has 0 heterocycles. The molecule has 0 radical (unpaired) electrons. The third kappa shape index (κ3) is 1.77. The molecule has 6 atom stereocenters. The van der Waals surface area contributed by atoms with Crippen LogP contribution >= 0.6 is 0 Å². The van der Waals surface area contributed by atoms with Crippen molar-refractivity contribution < 1.29 is 5.11 Å². The van der Waals surface area contributed by atoms with E-state index in [2.05, 4.69) is 20.8 Å². The minimum atomic E-state index is 0.0104. The lowest BCUT2D eigenvalue weighted by atomic mass is 9.62. The van der Waals surface area contributed by atoms with Crippen molar-refractivity contribution in [2.24, 2.45) is 35.0 Å². The first kappa shape index (κ1) is 12.0. The maximum absolute atomic E-state index is 9.88.